The Balaban J connectivity index is 1.49. The fourth-order valence-electron chi connectivity index (χ4n) is 7.94. The van der Waals surface area contributed by atoms with Crippen LogP contribution in [0.2, 0.25) is 0 Å². The molecule has 156 valence electrons. The summed E-state index contributed by atoms with van der Waals surface area (Å²) in [7, 11) is 0. The number of carbonyl (C=O) groups is 1. The number of hydrogen-bond acceptors (Lipinski definition) is 5. The molecule has 0 aromatic carbocycles. The first-order valence-corrected chi connectivity index (χ1v) is 11.2. The maximum Gasteiger partial charge on any atom is 0.331 e. The first-order chi connectivity index (χ1) is 13.1. The number of ether oxygens (including phenoxy) is 1. The molecule has 4 saturated carbocycles. The lowest BCUT2D eigenvalue weighted by molar-refractivity contribution is -0.211. The molecule has 28 heavy (non-hydrogen) atoms. The maximum absolute atomic E-state index is 12.1. The molecule has 0 aromatic rings. The SMILES string of the molecule is C[C@]12CC[C@H]3[C@@H](CC[C@]4(O)C[C@@H](O)CCC34Cl)[C@@]1(O)CC[C@@H]2C1=CC(=O)OC1. The second kappa shape index (κ2) is 5.96. The molecule has 8 atom stereocenters. The third-order valence-corrected chi connectivity index (χ3v) is 10.2. The van der Waals surface area contributed by atoms with E-state index in [1.54, 1.807) is 6.08 Å². The van der Waals surface area contributed by atoms with Crippen molar-refractivity contribution in [2.45, 2.75) is 86.9 Å². The van der Waals surface area contributed by atoms with Crippen molar-refractivity contribution < 1.29 is 24.9 Å². The number of halogens is 1. The quantitative estimate of drug-likeness (QED) is 0.457. The Morgan fingerprint density at radius 1 is 1.07 bits per heavy atom. The van der Waals surface area contributed by atoms with Crippen molar-refractivity contribution in [1.29, 1.82) is 0 Å². The average molecular weight is 411 g/mol. The van der Waals surface area contributed by atoms with Crippen LogP contribution in [0.1, 0.15) is 64.7 Å². The van der Waals surface area contributed by atoms with E-state index < -0.39 is 22.2 Å². The van der Waals surface area contributed by atoms with Gasteiger partial charge in [-0.2, -0.15) is 0 Å². The van der Waals surface area contributed by atoms with Crippen molar-refractivity contribution in [3.8, 4) is 0 Å². The van der Waals surface area contributed by atoms with Gasteiger partial charge < -0.3 is 20.1 Å². The Labute approximate surface area is 171 Å². The van der Waals surface area contributed by atoms with Gasteiger partial charge in [-0.3, -0.25) is 0 Å². The molecule has 1 aliphatic heterocycles. The third-order valence-electron chi connectivity index (χ3n) is 9.42. The van der Waals surface area contributed by atoms with Crippen molar-refractivity contribution in [2.75, 3.05) is 6.61 Å². The molecule has 6 heteroatoms. The summed E-state index contributed by atoms with van der Waals surface area (Å²) in [5.41, 5.74) is -1.17. The highest BCUT2D eigenvalue weighted by Gasteiger charge is 2.71. The van der Waals surface area contributed by atoms with E-state index >= 15 is 0 Å². The zero-order valence-corrected chi connectivity index (χ0v) is 17.2. The Morgan fingerprint density at radius 3 is 2.54 bits per heavy atom. The molecule has 5 nitrogen and oxygen atoms in total. The number of fused-ring (bicyclic) bond motifs is 5. The molecule has 1 unspecified atom stereocenters. The first-order valence-electron chi connectivity index (χ1n) is 10.8. The fourth-order valence-corrected chi connectivity index (χ4v) is 8.48. The van der Waals surface area contributed by atoms with Gasteiger partial charge in [0.15, 0.2) is 0 Å². The monoisotopic (exact) mass is 410 g/mol. The smallest absolute Gasteiger partial charge is 0.331 e. The summed E-state index contributed by atoms with van der Waals surface area (Å²) in [5.74, 6) is -0.0216. The van der Waals surface area contributed by atoms with E-state index in [9.17, 15) is 20.1 Å². The predicted octanol–water partition coefficient (Wildman–Crippen LogP) is 2.69. The lowest BCUT2D eigenvalue weighted by atomic mass is 9.46. The summed E-state index contributed by atoms with van der Waals surface area (Å²) in [6.45, 7) is 2.53. The zero-order valence-electron chi connectivity index (χ0n) is 16.5. The molecule has 0 aromatic heterocycles. The Bertz CT molecular complexity index is 738. The largest absolute Gasteiger partial charge is 0.458 e. The van der Waals surface area contributed by atoms with Gasteiger partial charge in [0.2, 0.25) is 0 Å². The van der Waals surface area contributed by atoms with Gasteiger partial charge in [-0.1, -0.05) is 6.92 Å². The van der Waals surface area contributed by atoms with Crippen molar-refractivity contribution in [3.05, 3.63) is 11.6 Å². The van der Waals surface area contributed by atoms with Crippen LogP contribution in [0.3, 0.4) is 0 Å². The van der Waals surface area contributed by atoms with Crippen molar-refractivity contribution in [1.82, 2.24) is 0 Å². The highest BCUT2D eigenvalue weighted by atomic mass is 35.5. The number of carbonyl (C=O) groups excluding carboxylic acids is 1. The normalized spacial score (nSPS) is 55.8. The third kappa shape index (κ3) is 2.28. The molecule has 5 aliphatic rings. The number of hydrogen-bond donors (Lipinski definition) is 3. The van der Waals surface area contributed by atoms with Gasteiger partial charge in [0, 0.05) is 17.9 Å². The Morgan fingerprint density at radius 2 is 1.82 bits per heavy atom. The van der Waals surface area contributed by atoms with Crippen LogP contribution in [0.5, 0.6) is 0 Å². The minimum Gasteiger partial charge on any atom is -0.458 e. The van der Waals surface area contributed by atoms with E-state index in [1.165, 1.54) is 0 Å². The van der Waals surface area contributed by atoms with Crippen LogP contribution in [0.15, 0.2) is 11.6 Å². The van der Waals surface area contributed by atoms with E-state index in [-0.39, 0.29) is 29.1 Å². The second-order valence-electron chi connectivity index (χ2n) is 10.3. The van der Waals surface area contributed by atoms with Crippen molar-refractivity contribution in [2.24, 2.45) is 23.2 Å². The molecular weight excluding hydrogens is 380 g/mol. The van der Waals surface area contributed by atoms with Gasteiger partial charge in [0.1, 0.15) is 6.61 Å². The van der Waals surface area contributed by atoms with Crippen molar-refractivity contribution >= 4 is 17.6 Å². The van der Waals surface area contributed by atoms with Crippen molar-refractivity contribution in [3.63, 3.8) is 0 Å². The number of aliphatic hydroxyl groups is 3. The highest BCUT2D eigenvalue weighted by Crippen LogP contribution is 2.69. The summed E-state index contributed by atoms with van der Waals surface area (Å²) in [6, 6.07) is 0. The van der Waals surface area contributed by atoms with E-state index in [0.717, 1.165) is 31.3 Å². The van der Waals surface area contributed by atoms with Crippen LogP contribution < -0.4 is 0 Å². The van der Waals surface area contributed by atoms with Gasteiger partial charge in [-0.25, -0.2) is 4.79 Å². The van der Waals surface area contributed by atoms with Crippen LogP contribution >= 0.6 is 11.6 Å². The molecule has 0 bridgehead atoms. The topological polar surface area (TPSA) is 87.0 Å². The summed E-state index contributed by atoms with van der Waals surface area (Å²) < 4.78 is 5.16. The number of esters is 1. The number of cyclic esters (lactones) is 1. The standard InChI is InChI=1S/C22H31ClO5/c1-19-6-3-16-17(4-7-20(26)11-14(24)2-8-21(16,20)23)22(19,27)9-5-15(19)13-10-18(25)28-12-13/h10,14-17,24,26-27H,2-9,11-12H2,1H3/t14-,15+,16-,17+,19+,20-,21?,22-/m0/s1. The van der Waals surface area contributed by atoms with Gasteiger partial charge in [-0.05, 0) is 74.7 Å². The van der Waals surface area contributed by atoms with Crippen LogP contribution in [0.4, 0.5) is 0 Å². The molecule has 4 fully saturated rings. The number of aliphatic hydroxyl groups excluding tert-OH is 1. The summed E-state index contributed by atoms with van der Waals surface area (Å²) in [6.07, 6.45) is 7.19. The molecule has 5 rings (SSSR count). The first kappa shape index (κ1) is 19.3. The molecule has 0 amide bonds. The van der Waals surface area contributed by atoms with Gasteiger partial charge in [0.05, 0.1) is 22.2 Å². The molecule has 3 N–H and O–H groups in total. The van der Waals surface area contributed by atoms with Crippen LogP contribution in [0.25, 0.3) is 0 Å². The molecular formula is C22H31ClO5. The second-order valence-corrected chi connectivity index (χ2v) is 11.0. The van der Waals surface area contributed by atoms with Gasteiger partial charge >= 0.3 is 5.97 Å². The van der Waals surface area contributed by atoms with Crippen LogP contribution in [0, 0.1) is 23.2 Å². The van der Waals surface area contributed by atoms with Crippen LogP contribution in [-0.2, 0) is 9.53 Å². The minimum atomic E-state index is -1.05. The summed E-state index contributed by atoms with van der Waals surface area (Å²) in [4.78, 5) is 10.8. The van der Waals surface area contributed by atoms with Gasteiger partial charge in [-0.15, -0.1) is 11.6 Å². The molecule has 4 aliphatic carbocycles. The Hall–Kier alpha value is -0.620. The average Bonchev–Trinajstić information content (AvgIpc) is 3.17. The van der Waals surface area contributed by atoms with E-state index in [4.69, 9.17) is 16.3 Å². The fraction of sp³-hybridized carbons (Fsp3) is 0.864. The highest BCUT2D eigenvalue weighted by molar-refractivity contribution is 6.25. The summed E-state index contributed by atoms with van der Waals surface area (Å²) >= 11 is 7.19. The van der Waals surface area contributed by atoms with Crippen LogP contribution in [-0.4, -0.2) is 50.1 Å². The minimum absolute atomic E-state index is 0.0443. The van der Waals surface area contributed by atoms with E-state index in [2.05, 4.69) is 6.92 Å². The predicted molar refractivity (Wildman–Crippen MR) is 104 cm³/mol. The summed E-state index contributed by atoms with van der Waals surface area (Å²) in [5, 5.41) is 33.6. The number of rotatable bonds is 1. The lowest BCUT2D eigenvalue weighted by Gasteiger charge is -2.64. The molecule has 1 heterocycles. The van der Waals surface area contributed by atoms with Gasteiger partial charge in [0.25, 0.3) is 0 Å². The van der Waals surface area contributed by atoms with E-state index in [1.807, 2.05) is 0 Å². The van der Waals surface area contributed by atoms with E-state index in [0.29, 0.717) is 38.7 Å². The molecule has 0 radical (unpaired) electrons. The maximum atomic E-state index is 12.1. The zero-order chi connectivity index (χ0) is 19.9. The molecule has 0 saturated heterocycles. The number of alkyl halides is 1. The lowest BCUT2D eigenvalue weighted by Crippen LogP contribution is -2.69. The molecule has 0 spiro atoms. The Kier molecular flexibility index (Phi) is 4.12.